The Labute approximate surface area is 116 Å². The molecule has 0 radical (unpaired) electrons. The molecule has 1 fully saturated rings. The molecular weight excluding hydrogens is 256 g/mol. The van der Waals surface area contributed by atoms with Crippen molar-refractivity contribution in [3.05, 3.63) is 54.0 Å². The highest BCUT2D eigenvalue weighted by molar-refractivity contribution is 6.08. The van der Waals surface area contributed by atoms with E-state index in [-0.39, 0.29) is 17.9 Å². The molecule has 102 valence electrons. The fourth-order valence-corrected chi connectivity index (χ4v) is 1.87. The van der Waals surface area contributed by atoms with E-state index in [2.05, 4.69) is 10.6 Å². The average Bonchev–Trinajstić information content (AvgIpc) is 3.08. The number of furan rings is 1. The van der Waals surface area contributed by atoms with Crippen LogP contribution < -0.4 is 10.6 Å². The topological polar surface area (TPSA) is 71.3 Å². The Morgan fingerprint density at radius 3 is 2.60 bits per heavy atom. The van der Waals surface area contributed by atoms with Crippen LogP contribution in [0.5, 0.6) is 0 Å². The maximum atomic E-state index is 12.1. The highest BCUT2D eigenvalue weighted by Gasteiger charge is 2.25. The summed E-state index contributed by atoms with van der Waals surface area (Å²) >= 11 is 0. The molecule has 1 aromatic heterocycles. The van der Waals surface area contributed by atoms with Gasteiger partial charge in [0, 0.05) is 6.04 Å². The second-order valence-electron chi connectivity index (χ2n) is 4.76. The minimum atomic E-state index is -0.301. The van der Waals surface area contributed by atoms with Crippen LogP contribution >= 0.6 is 0 Å². The highest BCUT2D eigenvalue weighted by atomic mass is 16.3. The molecule has 1 heterocycles. The van der Waals surface area contributed by atoms with Crippen LogP contribution in [0.2, 0.25) is 0 Å². The molecular formula is C15H14N2O3. The van der Waals surface area contributed by atoms with Crippen LogP contribution in [-0.2, 0) is 0 Å². The summed E-state index contributed by atoms with van der Waals surface area (Å²) in [4.78, 5) is 24.1. The van der Waals surface area contributed by atoms with Crippen LogP contribution in [0.4, 0.5) is 5.69 Å². The van der Waals surface area contributed by atoms with Crippen LogP contribution in [0.15, 0.2) is 47.3 Å². The predicted octanol–water partition coefficient (Wildman–Crippen LogP) is 2.42. The van der Waals surface area contributed by atoms with E-state index in [4.69, 9.17) is 4.42 Å². The first-order valence-corrected chi connectivity index (χ1v) is 6.47. The van der Waals surface area contributed by atoms with E-state index in [1.54, 1.807) is 30.3 Å². The molecule has 3 rings (SSSR count). The molecule has 0 unspecified atom stereocenters. The van der Waals surface area contributed by atoms with Crippen molar-refractivity contribution in [2.45, 2.75) is 18.9 Å². The van der Waals surface area contributed by atoms with Crippen molar-refractivity contribution in [2.24, 2.45) is 0 Å². The number of benzene rings is 1. The molecule has 20 heavy (non-hydrogen) atoms. The molecule has 5 nitrogen and oxygen atoms in total. The van der Waals surface area contributed by atoms with E-state index >= 15 is 0 Å². The molecule has 0 bridgehead atoms. The number of hydrogen-bond acceptors (Lipinski definition) is 3. The van der Waals surface area contributed by atoms with Crippen molar-refractivity contribution in [1.29, 1.82) is 0 Å². The lowest BCUT2D eigenvalue weighted by Crippen LogP contribution is -2.26. The molecule has 1 aliphatic carbocycles. The summed E-state index contributed by atoms with van der Waals surface area (Å²) in [6, 6.07) is 8.80. The van der Waals surface area contributed by atoms with Gasteiger partial charge in [-0.3, -0.25) is 9.59 Å². The van der Waals surface area contributed by atoms with Gasteiger partial charge in [0.25, 0.3) is 11.8 Å². The first-order chi connectivity index (χ1) is 9.74. The Bertz CT molecular complexity index is 630. The van der Waals surface area contributed by atoms with Gasteiger partial charge in [-0.25, -0.2) is 0 Å². The fourth-order valence-electron chi connectivity index (χ4n) is 1.87. The SMILES string of the molecule is O=C(Nc1ccccc1C(=O)NC1CC1)c1ccoc1. The van der Waals surface area contributed by atoms with Gasteiger partial charge in [0.15, 0.2) is 0 Å². The van der Waals surface area contributed by atoms with Crippen LogP contribution in [0, 0.1) is 0 Å². The zero-order valence-electron chi connectivity index (χ0n) is 10.8. The normalized spacial score (nSPS) is 13.8. The number of carbonyl (C=O) groups excluding carboxylic acids is 2. The first-order valence-electron chi connectivity index (χ1n) is 6.47. The van der Waals surface area contributed by atoms with Crippen molar-refractivity contribution in [3.8, 4) is 0 Å². The van der Waals surface area contributed by atoms with Crippen LogP contribution in [0.25, 0.3) is 0 Å². The summed E-state index contributed by atoms with van der Waals surface area (Å²) in [6.07, 6.45) is 4.84. The molecule has 5 heteroatoms. The lowest BCUT2D eigenvalue weighted by molar-refractivity contribution is 0.0952. The van der Waals surface area contributed by atoms with E-state index in [1.165, 1.54) is 12.5 Å². The van der Waals surface area contributed by atoms with E-state index in [1.807, 2.05) is 0 Å². The molecule has 2 amide bonds. The Hall–Kier alpha value is -2.56. The molecule has 2 aromatic rings. The lowest BCUT2D eigenvalue weighted by atomic mass is 10.1. The third kappa shape index (κ3) is 2.71. The van der Waals surface area contributed by atoms with Crippen LogP contribution in [0.1, 0.15) is 33.6 Å². The fraction of sp³-hybridized carbons (Fsp3) is 0.200. The maximum absolute atomic E-state index is 12.1. The van der Waals surface area contributed by atoms with E-state index in [0.29, 0.717) is 16.8 Å². The van der Waals surface area contributed by atoms with Gasteiger partial charge in [0.1, 0.15) is 6.26 Å². The van der Waals surface area contributed by atoms with Gasteiger partial charge in [-0.2, -0.15) is 0 Å². The number of para-hydroxylation sites is 1. The molecule has 0 spiro atoms. The summed E-state index contributed by atoms with van der Waals surface area (Å²) in [7, 11) is 0. The Morgan fingerprint density at radius 1 is 1.10 bits per heavy atom. The number of rotatable bonds is 4. The van der Waals surface area contributed by atoms with E-state index in [9.17, 15) is 9.59 Å². The van der Waals surface area contributed by atoms with Gasteiger partial charge in [-0.1, -0.05) is 12.1 Å². The van der Waals surface area contributed by atoms with E-state index < -0.39 is 0 Å². The molecule has 1 aliphatic rings. The van der Waals surface area contributed by atoms with Crippen LogP contribution in [-0.4, -0.2) is 17.9 Å². The van der Waals surface area contributed by atoms with Crippen LogP contribution in [0.3, 0.4) is 0 Å². The first kappa shape index (κ1) is 12.5. The standard InChI is InChI=1S/C15H14N2O3/c18-14(10-7-8-20-9-10)17-13-4-2-1-3-12(13)15(19)16-11-5-6-11/h1-4,7-9,11H,5-6H2,(H,16,19)(H,17,18). The van der Waals surface area contributed by atoms with Crippen molar-refractivity contribution in [1.82, 2.24) is 5.32 Å². The highest BCUT2D eigenvalue weighted by Crippen LogP contribution is 2.22. The van der Waals surface area contributed by atoms with Gasteiger partial charge in [-0.15, -0.1) is 0 Å². The van der Waals surface area contributed by atoms with Gasteiger partial charge in [0.05, 0.1) is 23.1 Å². The minimum Gasteiger partial charge on any atom is -0.472 e. The molecule has 0 aliphatic heterocycles. The van der Waals surface area contributed by atoms with Crippen molar-refractivity contribution in [3.63, 3.8) is 0 Å². The molecule has 1 aromatic carbocycles. The van der Waals surface area contributed by atoms with Crippen molar-refractivity contribution in [2.75, 3.05) is 5.32 Å². The molecule has 0 atom stereocenters. The monoisotopic (exact) mass is 270 g/mol. The molecule has 1 saturated carbocycles. The third-order valence-electron chi connectivity index (χ3n) is 3.12. The summed E-state index contributed by atoms with van der Waals surface area (Å²) in [6.45, 7) is 0. The number of nitrogens with one attached hydrogen (secondary N) is 2. The summed E-state index contributed by atoms with van der Waals surface area (Å²) < 4.78 is 4.87. The minimum absolute atomic E-state index is 0.157. The zero-order chi connectivity index (χ0) is 13.9. The zero-order valence-corrected chi connectivity index (χ0v) is 10.8. The number of anilines is 1. The second kappa shape index (κ2) is 5.21. The second-order valence-corrected chi connectivity index (χ2v) is 4.76. The number of amides is 2. The molecule has 0 saturated heterocycles. The quantitative estimate of drug-likeness (QED) is 0.896. The largest absolute Gasteiger partial charge is 0.472 e. The third-order valence-corrected chi connectivity index (χ3v) is 3.12. The summed E-state index contributed by atoms with van der Waals surface area (Å²) in [5, 5.41) is 5.64. The Balaban J connectivity index is 1.78. The summed E-state index contributed by atoms with van der Waals surface area (Å²) in [5.74, 6) is -0.457. The van der Waals surface area contributed by atoms with Crippen molar-refractivity contribution >= 4 is 17.5 Å². The van der Waals surface area contributed by atoms with Crippen molar-refractivity contribution < 1.29 is 14.0 Å². The predicted molar refractivity (Wildman–Crippen MR) is 73.6 cm³/mol. The Kier molecular flexibility index (Phi) is 3.25. The van der Waals surface area contributed by atoms with Gasteiger partial charge >= 0.3 is 0 Å². The number of carbonyl (C=O) groups is 2. The smallest absolute Gasteiger partial charge is 0.258 e. The van der Waals surface area contributed by atoms with Gasteiger partial charge in [0.2, 0.25) is 0 Å². The van der Waals surface area contributed by atoms with E-state index in [0.717, 1.165) is 12.8 Å². The van der Waals surface area contributed by atoms with Gasteiger partial charge in [-0.05, 0) is 31.0 Å². The number of hydrogen-bond donors (Lipinski definition) is 2. The Morgan fingerprint density at radius 2 is 1.90 bits per heavy atom. The molecule has 2 N–H and O–H groups in total. The average molecular weight is 270 g/mol. The summed E-state index contributed by atoms with van der Waals surface area (Å²) in [5.41, 5.74) is 1.38. The lowest BCUT2D eigenvalue weighted by Gasteiger charge is -2.10. The van der Waals surface area contributed by atoms with Gasteiger partial charge < -0.3 is 15.1 Å². The maximum Gasteiger partial charge on any atom is 0.258 e.